The molecule has 1 atom stereocenters. The monoisotopic (exact) mass is 211 g/mol. The van der Waals surface area contributed by atoms with Crippen molar-refractivity contribution in [2.24, 2.45) is 5.92 Å². The summed E-state index contributed by atoms with van der Waals surface area (Å²) in [7, 11) is 0. The first kappa shape index (κ1) is 12.2. The van der Waals surface area contributed by atoms with Crippen LogP contribution in [0, 0.1) is 5.92 Å². The quantitative estimate of drug-likeness (QED) is 0.708. The Morgan fingerprint density at radius 3 is 2.93 bits per heavy atom. The van der Waals surface area contributed by atoms with Crippen LogP contribution in [0.25, 0.3) is 0 Å². The minimum Gasteiger partial charge on any atom is -0.481 e. The minimum atomic E-state index is -0.665. The average Bonchev–Trinajstić information content (AvgIpc) is 2.14. The number of hydrogen-bond acceptors (Lipinski definition) is 2. The van der Waals surface area contributed by atoms with Crippen LogP contribution >= 0.6 is 0 Å². The number of hydrogen-bond donors (Lipinski definition) is 1. The van der Waals surface area contributed by atoms with E-state index < -0.39 is 5.97 Å². The van der Waals surface area contributed by atoms with Crippen LogP contribution in [-0.4, -0.2) is 35.6 Å². The van der Waals surface area contributed by atoms with Crippen molar-refractivity contribution in [1.82, 2.24) is 4.90 Å². The van der Waals surface area contributed by atoms with E-state index in [1.807, 2.05) is 6.92 Å². The van der Waals surface area contributed by atoms with Crippen molar-refractivity contribution < 1.29 is 9.90 Å². The number of likely N-dealkylation sites (tertiary alicyclic amines) is 1. The Kier molecular flexibility index (Phi) is 4.82. The molecule has 15 heavy (non-hydrogen) atoms. The number of carbonyl (C=O) groups is 1. The molecule has 1 saturated heterocycles. The van der Waals surface area contributed by atoms with Gasteiger partial charge in [0.05, 0.1) is 0 Å². The van der Waals surface area contributed by atoms with Gasteiger partial charge in [-0.15, -0.1) is 6.58 Å². The highest BCUT2D eigenvalue weighted by Gasteiger charge is 2.21. The highest BCUT2D eigenvalue weighted by Crippen LogP contribution is 2.19. The van der Waals surface area contributed by atoms with E-state index in [9.17, 15) is 4.79 Å². The summed E-state index contributed by atoms with van der Waals surface area (Å²) in [5.41, 5.74) is 1.20. The summed E-state index contributed by atoms with van der Waals surface area (Å²) in [6.45, 7) is 9.02. The lowest BCUT2D eigenvalue weighted by Crippen LogP contribution is -2.36. The van der Waals surface area contributed by atoms with Crippen LogP contribution in [0.1, 0.15) is 32.6 Å². The second kappa shape index (κ2) is 5.91. The summed E-state index contributed by atoms with van der Waals surface area (Å²) in [5, 5.41) is 8.74. The van der Waals surface area contributed by atoms with Crippen LogP contribution in [0.2, 0.25) is 0 Å². The second-order valence-electron chi connectivity index (χ2n) is 4.61. The topological polar surface area (TPSA) is 40.5 Å². The molecule has 0 aromatic carbocycles. The lowest BCUT2D eigenvalue weighted by molar-refractivity contribution is -0.138. The van der Waals surface area contributed by atoms with E-state index in [0.29, 0.717) is 12.3 Å². The molecule has 0 aromatic rings. The molecule has 0 spiro atoms. The number of carboxylic acids is 1. The standard InChI is InChI=1S/C12H21NO2/c1-10(2)5-7-13-6-3-4-11(9-13)8-12(14)15/h11H,1,3-9H2,2H3,(H,14,15). The summed E-state index contributed by atoms with van der Waals surface area (Å²) < 4.78 is 0. The number of piperidine rings is 1. The molecule has 0 aromatic heterocycles. The van der Waals surface area contributed by atoms with Gasteiger partial charge in [-0.1, -0.05) is 5.57 Å². The first-order valence-electron chi connectivity index (χ1n) is 5.66. The molecule has 0 aliphatic carbocycles. The molecule has 1 heterocycles. The smallest absolute Gasteiger partial charge is 0.303 e. The molecule has 1 unspecified atom stereocenters. The van der Waals surface area contributed by atoms with Crippen LogP contribution in [0.5, 0.6) is 0 Å². The zero-order valence-electron chi connectivity index (χ0n) is 9.54. The van der Waals surface area contributed by atoms with Crippen molar-refractivity contribution >= 4 is 5.97 Å². The van der Waals surface area contributed by atoms with E-state index >= 15 is 0 Å². The molecular weight excluding hydrogens is 190 g/mol. The Balaban J connectivity index is 2.28. The lowest BCUT2D eigenvalue weighted by atomic mass is 9.94. The molecule has 1 N–H and O–H groups in total. The van der Waals surface area contributed by atoms with Gasteiger partial charge in [-0.3, -0.25) is 4.79 Å². The van der Waals surface area contributed by atoms with Gasteiger partial charge in [0.25, 0.3) is 0 Å². The summed E-state index contributed by atoms with van der Waals surface area (Å²) in [6.07, 6.45) is 3.55. The summed E-state index contributed by atoms with van der Waals surface area (Å²) >= 11 is 0. The highest BCUT2D eigenvalue weighted by atomic mass is 16.4. The lowest BCUT2D eigenvalue weighted by Gasteiger charge is -2.32. The SMILES string of the molecule is C=C(C)CCN1CCCC(CC(=O)O)C1. The fourth-order valence-corrected chi connectivity index (χ4v) is 2.12. The predicted molar refractivity (Wildman–Crippen MR) is 60.8 cm³/mol. The first-order chi connectivity index (χ1) is 7.08. The van der Waals surface area contributed by atoms with Gasteiger partial charge in [-0.25, -0.2) is 0 Å². The van der Waals surface area contributed by atoms with Crippen LogP contribution < -0.4 is 0 Å². The maximum atomic E-state index is 10.6. The largest absolute Gasteiger partial charge is 0.481 e. The average molecular weight is 211 g/mol. The normalized spacial score (nSPS) is 22.6. The van der Waals surface area contributed by atoms with E-state index in [4.69, 9.17) is 5.11 Å². The van der Waals surface area contributed by atoms with Crippen molar-refractivity contribution in [3.63, 3.8) is 0 Å². The first-order valence-corrected chi connectivity index (χ1v) is 5.66. The Labute approximate surface area is 91.8 Å². The summed E-state index contributed by atoms with van der Waals surface area (Å²) in [5.74, 6) is -0.317. The Morgan fingerprint density at radius 2 is 2.33 bits per heavy atom. The second-order valence-corrected chi connectivity index (χ2v) is 4.61. The van der Waals surface area contributed by atoms with Crippen molar-refractivity contribution in [2.45, 2.75) is 32.6 Å². The zero-order valence-corrected chi connectivity index (χ0v) is 9.54. The van der Waals surface area contributed by atoms with Gasteiger partial charge < -0.3 is 10.0 Å². The van der Waals surface area contributed by atoms with E-state index in [2.05, 4.69) is 11.5 Å². The number of carboxylic acid groups (broad SMARTS) is 1. The van der Waals surface area contributed by atoms with Crippen molar-refractivity contribution in [3.8, 4) is 0 Å². The van der Waals surface area contributed by atoms with Crippen LogP contribution in [-0.2, 0) is 4.79 Å². The highest BCUT2D eigenvalue weighted by molar-refractivity contribution is 5.67. The molecule has 1 fully saturated rings. The molecule has 1 aliphatic heterocycles. The fraction of sp³-hybridized carbons (Fsp3) is 0.750. The van der Waals surface area contributed by atoms with Gasteiger partial charge in [0, 0.05) is 19.5 Å². The van der Waals surface area contributed by atoms with Gasteiger partial charge >= 0.3 is 5.97 Å². The summed E-state index contributed by atoms with van der Waals surface area (Å²) in [6, 6.07) is 0. The van der Waals surface area contributed by atoms with Gasteiger partial charge in [-0.05, 0) is 38.6 Å². The van der Waals surface area contributed by atoms with Crippen LogP contribution in [0.15, 0.2) is 12.2 Å². The molecule has 1 aliphatic rings. The molecule has 0 bridgehead atoms. The fourth-order valence-electron chi connectivity index (χ4n) is 2.12. The number of aliphatic carboxylic acids is 1. The van der Waals surface area contributed by atoms with E-state index in [1.165, 1.54) is 5.57 Å². The molecule has 0 amide bonds. The molecule has 3 heteroatoms. The molecule has 3 nitrogen and oxygen atoms in total. The van der Waals surface area contributed by atoms with E-state index in [0.717, 1.165) is 38.9 Å². The predicted octanol–water partition coefficient (Wildman–Crippen LogP) is 2.14. The van der Waals surface area contributed by atoms with Gasteiger partial charge in [0.2, 0.25) is 0 Å². The van der Waals surface area contributed by atoms with Gasteiger partial charge in [0.15, 0.2) is 0 Å². The maximum Gasteiger partial charge on any atom is 0.303 e. The maximum absolute atomic E-state index is 10.6. The van der Waals surface area contributed by atoms with E-state index in [1.54, 1.807) is 0 Å². The molecule has 0 saturated carbocycles. The minimum absolute atomic E-state index is 0.323. The Hall–Kier alpha value is -0.830. The van der Waals surface area contributed by atoms with Gasteiger partial charge in [0.1, 0.15) is 0 Å². The molecule has 0 radical (unpaired) electrons. The number of rotatable bonds is 5. The third-order valence-electron chi connectivity index (χ3n) is 2.92. The van der Waals surface area contributed by atoms with E-state index in [-0.39, 0.29) is 0 Å². The summed E-state index contributed by atoms with van der Waals surface area (Å²) in [4.78, 5) is 13.0. The Morgan fingerprint density at radius 1 is 1.60 bits per heavy atom. The van der Waals surface area contributed by atoms with Crippen molar-refractivity contribution in [2.75, 3.05) is 19.6 Å². The zero-order chi connectivity index (χ0) is 11.3. The third-order valence-corrected chi connectivity index (χ3v) is 2.92. The molecular formula is C12H21NO2. The van der Waals surface area contributed by atoms with Crippen molar-refractivity contribution in [1.29, 1.82) is 0 Å². The Bertz CT molecular complexity index is 238. The molecule has 1 rings (SSSR count). The van der Waals surface area contributed by atoms with Crippen molar-refractivity contribution in [3.05, 3.63) is 12.2 Å². The molecule has 86 valence electrons. The van der Waals surface area contributed by atoms with Crippen LogP contribution in [0.4, 0.5) is 0 Å². The third kappa shape index (κ3) is 4.98. The van der Waals surface area contributed by atoms with Crippen LogP contribution in [0.3, 0.4) is 0 Å². The van der Waals surface area contributed by atoms with Gasteiger partial charge in [-0.2, -0.15) is 0 Å². The number of nitrogens with zero attached hydrogens (tertiary/aromatic N) is 1.